The first kappa shape index (κ1) is 12.9. The SMILES string of the molecule is O=c1[nH]c(=O)n([C@@H]2CC[C@H](CO)O2)cc1-c1ccco1. The summed E-state index contributed by atoms with van der Waals surface area (Å²) in [5, 5.41) is 9.06. The van der Waals surface area contributed by atoms with E-state index in [0.717, 1.165) is 0 Å². The van der Waals surface area contributed by atoms with Crippen LogP contribution in [0.15, 0.2) is 38.6 Å². The molecule has 0 amide bonds. The van der Waals surface area contributed by atoms with Gasteiger partial charge in [0.2, 0.25) is 0 Å². The van der Waals surface area contributed by atoms with Crippen molar-refractivity contribution in [1.29, 1.82) is 0 Å². The molecule has 7 nitrogen and oxygen atoms in total. The second-order valence-corrected chi connectivity index (χ2v) is 4.66. The molecular weight excluding hydrogens is 264 g/mol. The Labute approximate surface area is 113 Å². The van der Waals surface area contributed by atoms with Crippen molar-refractivity contribution in [3.63, 3.8) is 0 Å². The summed E-state index contributed by atoms with van der Waals surface area (Å²) in [5.74, 6) is 0.386. The van der Waals surface area contributed by atoms with E-state index in [1.807, 2.05) is 0 Å². The van der Waals surface area contributed by atoms with E-state index in [4.69, 9.17) is 14.3 Å². The number of aliphatic hydroxyl groups is 1. The molecule has 0 unspecified atom stereocenters. The molecule has 1 fully saturated rings. The van der Waals surface area contributed by atoms with Gasteiger partial charge in [0.15, 0.2) is 0 Å². The highest BCUT2D eigenvalue weighted by Gasteiger charge is 2.27. The predicted octanol–water partition coefficient (Wildman–Crippen LogP) is 0.466. The largest absolute Gasteiger partial charge is 0.464 e. The maximum Gasteiger partial charge on any atom is 0.330 e. The lowest BCUT2D eigenvalue weighted by atomic mass is 10.2. The minimum absolute atomic E-state index is 0.0837. The summed E-state index contributed by atoms with van der Waals surface area (Å²) < 4.78 is 12.1. The van der Waals surface area contributed by atoms with Gasteiger partial charge in [-0.1, -0.05) is 0 Å². The summed E-state index contributed by atoms with van der Waals surface area (Å²) in [4.78, 5) is 25.9. The van der Waals surface area contributed by atoms with Crippen LogP contribution in [0.25, 0.3) is 11.3 Å². The molecule has 1 aliphatic rings. The number of furan rings is 1. The van der Waals surface area contributed by atoms with Crippen molar-refractivity contribution < 1.29 is 14.3 Å². The number of aromatic nitrogens is 2. The number of nitrogens with zero attached hydrogens (tertiary/aromatic N) is 1. The summed E-state index contributed by atoms with van der Waals surface area (Å²) >= 11 is 0. The van der Waals surface area contributed by atoms with Gasteiger partial charge >= 0.3 is 5.69 Å². The van der Waals surface area contributed by atoms with E-state index in [1.165, 1.54) is 17.0 Å². The van der Waals surface area contributed by atoms with Gasteiger partial charge < -0.3 is 14.3 Å². The van der Waals surface area contributed by atoms with Crippen LogP contribution < -0.4 is 11.2 Å². The molecule has 1 aliphatic heterocycles. The van der Waals surface area contributed by atoms with E-state index in [2.05, 4.69) is 4.98 Å². The van der Waals surface area contributed by atoms with Crippen LogP contribution in [0.1, 0.15) is 19.1 Å². The molecule has 7 heteroatoms. The first-order valence-electron chi connectivity index (χ1n) is 6.34. The number of ether oxygens (including phenoxy) is 1. The van der Waals surface area contributed by atoms with Gasteiger partial charge in [0, 0.05) is 6.20 Å². The van der Waals surface area contributed by atoms with Crippen molar-refractivity contribution in [1.82, 2.24) is 9.55 Å². The highest BCUT2D eigenvalue weighted by atomic mass is 16.5. The van der Waals surface area contributed by atoms with Gasteiger partial charge in [-0.2, -0.15) is 0 Å². The Hall–Kier alpha value is -2.12. The van der Waals surface area contributed by atoms with Crippen LogP contribution in [0.4, 0.5) is 0 Å². The Kier molecular flexibility index (Phi) is 3.29. The molecule has 1 saturated heterocycles. The van der Waals surface area contributed by atoms with Crippen molar-refractivity contribution in [3.05, 3.63) is 45.4 Å². The predicted molar refractivity (Wildman–Crippen MR) is 69.3 cm³/mol. The van der Waals surface area contributed by atoms with Crippen LogP contribution in [0, 0.1) is 0 Å². The van der Waals surface area contributed by atoms with Crippen LogP contribution >= 0.6 is 0 Å². The van der Waals surface area contributed by atoms with E-state index in [1.54, 1.807) is 12.1 Å². The van der Waals surface area contributed by atoms with E-state index < -0.39 is 17.5 Å². The fourth-order valence-corrected chi connectivity index (χ4v) is 2.33. The topological polar surface area (TPSA) is 97.5 Å². The molecule has 2 aromatic heterocycles. The smallest absolute Gasteiger partial charge is 0.330 e. The second kappa shape index (κ2) is 5.10. The van der Waals surface area contributed by atoms with E-state index in [0.29, 0.717) is 18.6 Å². The van der Waals surface area contributed by atoms with Crippen molar-refractivity contribution in [2.75, 3.05) is 6.61 Å². The quantitative estimate of drug-likeness (QED) is 0.850. The molecule has 106 valence electrons. The molecule has 0 spiro atoms. The van der Waals surface area contributed by atoms with E-state index in [9.17, 15) is 9.59 Å². The van der Waals surface area contributed by atoms with Gasteiger partial charge in [-0.25, -0.2) is 4.79 Å². The summed E-state index contributed by atoms with van der Waals surface area (Å²) in [7, 11) is 0. The highest BCUT2D eigenvalue weighted by Crippen LogP contribution is 2.27. The minimum atomic E-state index is -0.533. The second-order valence-electron chi connectivity index (χ2n) is 4.66. The van der Waals surface area contributed by atoms with Crippen molar-refractivity contribution in [2.24, 2.45) is 0 Å². The molecule has 3 heterocycles. The van der Waals surface area contributed by atoms with Gasteiger partial charge in [0.05, 0.1) is 24.5 Å². The Morgan fingerprint density at radius 1 is 1.40 bits per heavy atom. The molecule has 0 radical (unpaired) electrons. The monoisotopic (exact) mass is 278 g/mol. The Morgan fingerprint density at radius 2 is 2.25 bits per heavy atom. The molecule has 0 aromatic carbocycles. The Morgan fingerprint density at radius 3 is 2.90 bits per heavy atom. The molecule has 0 bridgehead atoms. The Bertz CT molecular complexity index is 700. The van der Waals surface area contributed by atoms with Crippen LogP contribution in [-0.2, 0) is 4.74 Å². The number of nitrogens with one attached hydrogen (secondary N) is 1. The maximum atomic E-state index is 11.9. The zero-order valence-corrected chi connectivity index (χ0v) is 10.6. The van der Waals surface area contributed by atoms with Crippen LogP contribution in [0.2, 0.25) is 0 Å². The van der Waals surface area contributed by atoms with Crippen molar-refractivity contribution in [3.8, 4) is 11.3 Å². The summed E-state index contributed by atoms with van der Waals surface area (Å²) in [6, 6.07) is 3.31. The molecular formula is C13H14N2O5. The summed E-state index contributed by atoms with van der Waals surface area (Å²) in [5.41, 5.74) is -0.766. The first-order chi connectivity index (χ1) is 9.69. The third-order valence-electron chi connectivity index (χ3n) is 3.35. The zero-order chi connectivity index (χ0) is 14.1. The normalized spacial score (nSPS) is 22.2. The fourth-order valence-electron chi connectivity index (χ4n) is 2.33. The highest BCUT2D eigenvalue weighted by molar-refractivity contribution is 5.54. The molecule has 3 rings (SSSR count). The average Bonchev–Trinajstić information content (AvgIpc) is 3.09. The molecule has 2 N–H and O–H groups in total. The molecule has 20 heavy (non-hydrogen) atoms. The zero-order valence-electron chi connectivity index (χ0n) is 10.6. The number of aromatic amines is 1. The van der Waals surface area contributed by atoms with Crippen molar-refractivity contribution >= 4 is 0 Å². The van der Waals surface area contributed by atoms with E-state index in [-0.39, 0.29) is 18.3 Å². The van der Waals surface area contributed by atoms with E-state index >= 15 is 0 Å². The average molecular weight is 278 g/mol. The van der Waals surface area contributed by atoms with Crippen molar-refractivity contribution in [2.45, 2.75) is 25.2 Å². The number of rotatable bonds is 3. The maximum absolute atomic E-state index is 11.9. The first-order valence-corrected chi connectivity index (χ1v) is 6.34. The lowest BCUT2D eigenvalue weighted by Crippen LogP contribution is -2.33. The Balaban J connectivity index is 2.02. The molecule has 0 saturated carbocycles. The fraction of sp³-hybridized carbons (Fsp3) is 0.385. The van der Waals surface area contributed by atoms with Crippen LogP contribution in [-0.4, -0.2) is 27.4 Å². The van der Waals surface area contributed by atoms with Gasteiger partial charge in [-0.15, -0.1) is 0 Å². The standard InChI is InChI=1S/C13H14N2O5/c16-7-8-3-4-11(20-8)15-6-9(10-2-1-5-19-10)12(17)14-13(15)18/h1-2,5-6,8,11,16H,3-4,7H2,(H,14,17,18)/t8-,11+/m1/s1. The number of hydrogen-bond acceptors (Lipinski definition) is 5. The number of H-pyrrole nitrogens is 1. The summed E-state index contributed by atoms with van der Waals surface area (Å²) in [6.07, 6.45) is 3.41. The molecule has 0 aliphatic carbocycles. The van der Waals surface area contributed by atoms with Gasteiger partial charge in [0.25, 0.3) is 5.56 Å². The third-order valence-corrected chi connectivity index (χ3v) is 3.35. The number of hydrogen-bond donors (Lipinski definition) is 2. The van der Waals surface area contributed by atoms with Gasteiger partial charge in [-0.3, -0.25) is 14.3 Å². The lowest BCUT2D eigenvalue weighted by molar-refractivity contribution is -0.0245. The van der Waals surface area contributed by atoms with Crippen LogP contribution in [0.5, 0.6) is 0 Å². The van der Waals surface area contributed by atoms with Gasteiger partial charge in [0.1, 0.15) is 12.0 Å². The summed E-state index contributed by atoms with van der Waals surface area (Å²) in [6.45, 7) is -0.0837. The van der Waals surface area contributed by atoms with Gasteiger partial charge in [-0.05, 0) is 25.0 Å². The number of aliphatic hydroxyl groups excluding tert-OH is 1. The van der Waals surface area contributed by atoms with Crippen LogP contribution in [0.3, 0.4) is 0 Å². The third kappa shape index (κ3) is 2.21. The minimum Gasteiger partial charge on any atom is -0.464 e. The molecule has 2 aromatic rings. The lowest BCUT2D eigenvalue weighted by Gasteiger charge is -2.15. The molecule has 2 atom stereocenters.